The molecule has 2 aromatic rings. The zero-order valence-corrected chi connectivity index (χ0v) is 17.2. The average Bonchev–Trinajstić information content (AvgIpc) is 2.73. The number of ether oxygens (including phenoxy) is 1. The monoisotopic (exact) mass is 378 g/mol. The lowest BCUT2D eigenvalue weighted by Crippen LogP contribution is -2.13. The highest BCUT2D eigenvalue weighted by atomic mass is 16.5. The Balaban J connectivity index is 1.46. The van der Waals surface area contributed by atoms with Crippen molar-refractivity contribution in [1.29, 1.82) is 0 Å². The Morgan fingerprint density at radius 3 is 2.39 bits per heavy atom. The van der Waals surface area contributed by atoms with Gasteiger partial charge in [-0.2, -0.15) is 0 Å². The zero-order valence-electron chi connectivity index (χ0n) is 17.2. The number of benzene rings is 2. The Labute approximate surface area is 170 Å². The van der Waals surface area contributed by atoms with Gasteiger partial charge in [0.25, 0.3) is 0 Å². The van der Waals surface area contributed by atoms with Gasteiger partial charge in [0, 0.05) is 30.6 Å². The molecule has 0 radical (unpaired) electrons. The molecule has 2 rings (SSSR count). The van der Waals surface area contributed by atoms with Crippen LogP contribution in [0.2, 0.25) is 0 Å². The molecule has 28 heavy (non-hydrogen) atoms. The SMILES string of the molecule is C=C(NCCCCCCCCOCc1ccccc1)c1ccccc1N=CC. The van der Waals surface area contributed by atoms with E-state index in [-0.39, 0.29) is 0 Å². The fraction of sp³-hybridized carbons (Fsp3) is 0.400. The van der Waals surface area contributed by atoms with Crippen molar-refractivity contribution in [3.05, 3.63) is 72.3 Å². The van der Waals surface area contributed by atoms with Crippen LogP contribution in [0, 0.1) is 0 Å². The van der Waals surface area contributed by atoms with Gasteiger partial charge in [0.15, 0.2) is 0 Å². The molecular formula is C25H34N2O. The maximum Gasteiger partial charge on any atom is 0.0718 e. The summed E-state index contributed by atoms with van der Waals surface area (Å²) in [7, 11) is 0. The van der Waals surface area contributed by atoms with Gasteiger partial charge < -0.3 is 10.1 Å². The van der Waals surface area contributed by atoms with Crippen LogP contribution in [0.5, 0.6) is 0 Å². The highest BCUT2D eigenvalue weighted by Gasteiger charge is 2.03. The van der Waals surface area contributed by atoms with Gasteiger partial charge in [0.1, 0.15) is 0 Å². The molecule has 0 unspecified atom stereocenters. The second kappa shape index (κ2) is 13.7. The topological polar surface area (TPSA) is 33.6 Å². The molecule has 0 saturated heterocycles. The van der Waals surface area contributed by atoms with E-state index in [4.69, 9.17) is 4.74 Å². The summed E-state index contributed by atoms with van der Waals surface area (Å²) in [6.07, 6.45) is 9.20. The quantitative estimate of drug-likeness (QED) is 0.300. The minimum atomic E-state index is 0.725. The molecule has 150 valence electrons. The Bertz CT molecular complexity index is 709. The van der Waals surface area contributed by atoms with Gasteiger partial charge in [-0.15, -0.1) is 0 Å². The first-order valence-corrected chi connectivity index (χ1v) is 10.4. The molecule has 0 fully saturated rings. The standard InChI is InChI=1S/C25H34N2O/c1-3-26-25-18-12-11-17-24(25)22(2)27-19-13-6-4-5-7-14-20-28-21-23-15-9-8-10-16-23/h3,8-12,15-18,27H,2,4-7,13-14,19-21H2,1H3. The molecule has 0 atom stereocenters. The number of unbranched alkanes of at least 4 members (excludes halogenated alkanes) is 5. The number of aliphatic imine (C=N–C) groups is 1. The van der Waals surface area contributed by atoms with E-state index < -0.39 is 0 Å². The fourth-order valence-corrected chi connectivity index (χ4v) is 3.12. The molecule has 0 bridgehead atoms. The van der Waals surface area contributed by atoms with Crippen LogP contribution >= 0.6 is 0 Å². The van der Waals surface area contributed by atoms with Crippen LogP contribution in [0.25, 0.3) is 5.70 Å². The van der Waals surface area contributed by atoms with Crippen molar-refractivity contribution in [3.8, 4) is 0 Å². The maximum absolute atomic E-state index is 5.73. The van der Waals surface area contributed by atoms with E-state index >= 15 is 0 Å². The van der Waals surface area contributed by atoms with Gasteiger partial charge in [-0.3, -0.25) is 4.99 Å². The minimum absolute atomic E-state index is 0.725. The molecule has 0 aromatic heterocycles. The van der Waals surface area contributed by atoms with Crippen LogP contribution in [-0.4, -0.2) is 19.4 Å². The summed E-state index contributed by atoms with van der Waals surface area (Å²) < 4.78 is 5.73. The molecule has 2 aromatic carbocycles. The predicted molar refractivity (Wildman–Crippen MR) is 121 cm³/mol. The third-order valence-electron chi connectivity index (χ3n) is 4.66. The Hall–Kier alpha value is -2.39. The van der Waals surface area contributed by atoms with Gasteiger partial charge >= 0.3 is 0 Å². The van der Waals surface area contributed by atoms with Crippen LogP contribution in [0.3, 0.4) is 0 Å². The second-order valence-electron chi connectivity index (χ2n) is 6.97. The van der Waals surface area contributed by atoms with Gasteiger partial charge in [-0.05, 0) is 31.4 Å². The number of hydrogen-bond acceptors (Lipinski definition) is 3. The molecule has 0 heterocycles. The molecular weight excluding hydrogens is 344 g/mol. The fourth-order valence-electron chi connectivity index (χ4n) is 3.12. The van der Waals surface area contributed by atoms with Crippen molar-refractivity contribution < 1.29 is 4.74 Å². The summed E-state index contributed by atoms with van der Waals surface area (Å²) in [6.45, 7) is 8.64. The van der Waals surface area contributed by atoms with Crippen molar-refractivity contribution in [2.75, 3.05) is 13.2 Å². The molecule has 0 aliphatic heterocycles. The molecule has 1 N–H and O–H groups in total. The van der Waals surface area contributed by atoms with E-state index in [9.17, 15) is 0 Å². The maximum atomic E-state index is 5.73. The molecule has 0 spiro atoms. The first-order valence-electron chi connectivity index (χ1n) is 10.4. The molecule has 0 saturated carbocycles. The van der Waals surface area contributed by atoms with Crippen molar-refractivity contribution in [3.63, 3.8) is 0 Å². The van der Waals surface area contributed by atoms with Crippen molar-refractivity contribution >= 4 is 17.6 Å². The van der Waals surface area contributed by atoms with Gasteiger partial charge in [0.05, 0.1) is 12.3 Å². The lowest BCUT2D eigenvalue weighted by atomic mass is 10.1. The van der Waals surface area contributed by atoms with Crippen LogP contribution in [0.15, 0.2) is 66.2 Å². The van der Waals surface area contributed by atoms with E-state index in [2.05, 4.69) is 47.2 Å². The number of hydrogen-bond donors (Lipinski definition) is 1. The predicted octanol–water partition coefficient (Wildman–Crippen LogP) is 6.53. The zero-order chi connectivity index (χ0) is 19.9. The highest BCUT2D eigenvalue weighted by Crippen LogP contribution is 2.23. The molecule has 3 nitrogen and oxygen atoms in total. The largest absolute Gasteiger partial charge is 0.385 e. The van der Waals surface area contributed by atoms with Gasteiger partial charge in [0.2, 0.25) is 0 Å². The van der Waals surface area contributed by atoms with Crippen molar-refractivity contribution in [1.82, 2.24) is 5.32 Å². The molecule has 0 amide bonds. The molecule has 3 heteroatoms. The van der Waals surface area contributed by atoms with Crippen LogP contribution in [-0.2, 0) is 11.3 Å². The van der Waals surface area contributed by atoms with Crippen LogP contribution < -0.4 is 5.32 Å². The number of nitrogens with one attached hydrogen (secondary N) is 1. The average molecular weight is 379 g/mol. The van der Waals surface area contributed by atoms with Gasteiger partial charge in [-0.1, -0.05) is 80.8 Å². The first-order chi connectivity index (χ1) is 13.8. The number of rotatable bonds is 14. The first kappa shape index (κ1) is 21.9. The summed E-state index contributed by atoms with van der Waals surface area (Å²) in [5, 5.41) is 3.44. The van der Waals surface area contributed by atoms with E-state index in [1.807, 2.05) is 37.4 Å². The summed E-state index contributed by atoms with van der Waals surface area (Å²) in [6, 6.07) is 18.5. The third-order valence-corrected chi connectivity index (χ3v) is 4.66. The normalized spacial score (nSPS) is 11.0. The number of nitrogens with zero attached hydrogens (tertiary/aromatic N) is 1. The molecule has 0 aliphatic carbocycles. The number of para-hydroxylation sites is 1. The smallest absolute Gasteiger partial charge is 0.0718 e. The van der Waals surface area contributed by atoms with Crippen molar-refractivity contribution in [2.24, 2.45) is 4.99 Å². The highest BCUT2D eigenvalue weighted by molar-refractivity contribution is 5.75. The van der Waals surface area contributed by atoms with E-state index in [0.29, 0.717) is 0 Å². The van der Waals surface area contributed by atoms with Crippen molar-refractivity contribution in [2.45, 2.75) is 52.1 Å². The van der Waals surface area contributed by atoms with E-state index in [1.54, 1.807) is 0 Å². The van der Waals surface area contributed by atoms with E-state index in [1.165, 1.54) is 37.7 Å². The Morgan fingerprint density at radius 1 is 0.929 bits per heavy atom. The summed E-state index contributed by atoms with van der Waals surface area (Å²) in [5.41, 5.74) is 4.26. The lowest BCUT2D eigenvalue weighted by molar-refractivity contribution is 0.116. The van der Waals surface area contributed by atoms with Crippen LogP contribution in [0.1, 0.15) is 56.6 Å². The molecule has 0 aliphatic rings. The minimum Gasteiger partial charge on any atom is -0.385 e. The second-order valence-corrected chi connectivity index (χ2v) is 6.97. The Morgan fingerprint density at radius 2 is 1.61 bits per heavy atom. The summed E-state index contributed by atoms with van der Waals surface area (Å²) >= 11 is 0. The summed E-state index contributed by atoms with van der Waals surface area (Å²) in [4.78, 5) is 4.41. The summed E-state index contributed by atoms with van der Waals surface area (Å²) in [5.74, 6) is 0. The Kier molecular flexibility index (Phi) is 10.7. The third kappa shape index (κ3) is 8.53. The van der Waals surface area contributed by atoms with Gasteiger partial charge in [-0.25, -0.2) is 0 Å². The van der Waals surface area contributed by atoms with E-state index in [0.717, 1.165) is 43.1 Å². The lowest BCUT2D eigenvalue weighted by Gasteiger charge is -2.12. The van der Waals surface area contributed by atoms with Crippen LogP contribution in [0.4, 0.5) is 5.69 Å².